The molecule has 1 nitrogen and oxygen atoms in total. The van der Waals surface area contributed by atoms with E-state index >= 15 is 0 Å². The number of benzene rings is 2. The second-order valence-electron chi connectivity index (χ2n) is 4.35. The largest absolute Gasteiger partial charge is 0.307 e. The molecule has 2 rings (SSSR count). The molecule has 1 heteroatoms. The van der Waals surface area contributed by atoms with Crippen molar-refractivity contribution in [3.05, 3.63) is 77.9 Å². The lowest BCUT2D eigenvalue weighted by molar-refractivity contribution is 0.618. The van der Waals surface area contributed by atoms with Crippen molar-refractivity contribution >= 4 is 6.08 Å². The summed E-state index contributed by atoms with van der Waals surface area (Å²) in [5.74, 6) is 0. The Morgan fingerprint density at radius 3 is 2.22 bits per heavy atom. The molecule has 1 atom stereocenters. The van der Waals surface area contributed by atoms with Gasteiger partial charge in [-0.05, 0) is 18.1 Å². The fourth-order valence-corrected chi connectivity index (χ4v) is 1.86. The molecular weight excluding hydrogens is 218 g/mol. The van der Waals surface area contributed by atoms with Crippen LogP contribution in [0.5, 0.6) is 0 Å². The standard InChI is InChI=1S/C17H19N/c1-15(17-12-6-3-7-13-17)18-14-8-11-16-9-4-2-5-10-16/h2-13,15,18H,14H2,1H3. The molecule has 18 heavy (non-hydrogen) atoms. The van der Waals surface area contributed by atoms with Crippen LogP contribution in [0.2, 0.25) is 0 Å². The van der Waals surface area contributed by atoms with Gasteiger partial charge in [0.2, 0.25) is 0 Å². The van der Waals surface area contributed by atoms with Crippen LogP contribution in [-0.2, 0) is 0 Å². The molecule has 92 valence electrons. The molecule has 0 aliphatic carbocycles. The van der Waals surface area contributed by atoms with Crippen LogP contribution in [-0.4, -0.2) is 6.54 Å². The first kappa shape index (κ1) is 12.6. The molecule has 0 saturated carbocycles. The summed E-state index contributed by atoms with van der Waals surface area (Å²) < 4.78 is 0. The van der Waals surface area contributed by atoms with E-state index in [1.54, 1.807) is 0 Å². The lowest BCUT2D eigenvalue weighted by atomic mass is 10.1. The fraction of sp³-hybridized carbons (Fsp3) is 0.176. The van der Waals surface area contributed by atoms with Gasteiger partial charge in [-0.3, -0.25) is 0 Å². The van der Waals surface area contributed by atoms with Crippen molar-refractivity contribution in [1.29, 1.82) is 0 Å². The van der Waals surface area contributed by atoms with Gasteiger partial charge in [-0.2, -0.15) is 0 Å². The van der Waals surface area contributed by atoms with Crippen LogP contribution in [0.1, 0.15) is 24.1 Å². The first-order chi connectivity index (χ1) is 8.86. The number of hydrogen-bond acceptors (Lipinski definition) is 1. The zero-order chi connectivity index (χ0) is 12.6. The van der Waals surface area contributed by atoms with E-state index in [4.69, 9.17) is 0 Å². The number of rotatable bonds is 5. The second kappa shape index (κ2) is 6.77. The van der Waals surface area contributed by atoms with Crippen molar-refractivity contribution in [1.82, 2.24) is 5.32 Å². The Morgan fingerprint density at radius 1 is 0.944 bits per heavy atom. The molecule has 0 spiro atoms. The maximum absolute atomic E-state index is 3.48. The minimum absolute atomic E-state index is 0.381. The van der Waals surface area contributed by atoms with Crippen molar-refractivity contribution in [3.63, 3.8) is 0 Å². The SMILES string of the molecule is CC(NCC=Cc1ccccc1)c1ccccc1. The lowest BCUT2D eigenvalue weighted by Gasteiger charge is -2.12. The first-order valence-electron chi connectivity index (χ1n) is 6.36. The zero-order valence-corrected chi connectivity index (χ0v) is 10.7. The predicted octanol–water partition coefficient (Wildman–Crippen LogP) is 4.05. The summed E-state index contributed by atoms with van der Waals surface area (Å²) in [5, 5.41) is 3.48. The Morgan fingerprint density at radius 2 is 1.56 bits per heavy atom. The molecule has 0 saturated heterocycles. The second-order valence-corrected chi connectivity index (χ2v) is 4.35. The van der Waals surface area contributed by atoms with Crippen LogP contribution in [0.3, 0.4) is 0 Å². The summed E-state index contributed by atoms with van der Waals surface area (Å²) in [6, 6.07) is 21.2. The minimum atomic E-state index is 0.381. The predicted molar refractivity (Wildman–Crippen MR) is 78.3 cm³/mol. The molecule has 0 amide bonds. The van der Waals surface area contributed by atoms with Gasteiger partial charge in [0.05, 0.1) is 0 Å². The average molecular weight is 237 g/mol. The van der Waals surface area contributed by atoms with Gasteiger partial charge in [-0.25, -0.2) is 0 Å². The Balaban J connectivity index is 1.81. The molecule has 0 aliphatic rings. The molecule has 2 aromatic rings. The maximum Gasteiger partial charge on any atom is 0.0294 e. The van der Waals surface area contributed by atoms with Gasteiger partial charge in [-0.1, -0.05) is 72.8 Å². The van der Waals surface area contributed by atoms with Gasteiger partial charge < -0.3 is 5.32 Å². The van der Waals surface area contributed by atoms with Crippen LogP contribution in [0.4, 0.5) is 0 Å². The van der Waals surface area contributed by atoms with Gasteiger partial charge in [0.1, 0.15) is 0 Å². The monoisotopic (exact) mass is 237 g/mol. The van der Waals surface area contributed by atoms with Gasteiger partial charge in [0.25, 0.3) is 0 Å². The molecule has 1 unspecified atom stereocenters. The third-order valence-electron chi connectivity index (χ3n) is 2.95. The maximum atomic E-state index is 3.48. The minimum Gasteiger partial charge on any atom is -0.307 e. The van der Waals surface area contributed by atoms with E-state index in [2.05, 4.69) is 72.9 Å². The van der Waals surface area contributed by atoms with Crippen LogP contribution >= 0.6 is 0 Å². The molecule has 1 N–H and O–H groups in total. The highest BCUT2D eigenvalue weighted by molar-refractivity contribution is 5.48. The van der Waals surface area contributed by atoms with Gasteiger partial charge >= 0.3 is 0 Å². The van der Waals surface area contributed by atoms with E-state index in [1.165, 1.54) is 11.1 Å². The van der Waals surface area contributed by atoms with Gasteiger partial charge in [-0.15, -0.1) is 0 Å². The Hall–Kier alpha value is -1.86. The summed E-state index contributed by atoms with van der Waals surface area (Å²) in [4.78, 5) is 0. The number of nitrogens with one attached hydrogen (secondary N) is 1. The van der Waals surface area contributed by atoms with Crippen molar-refractivity contribution in [2.75, 3.05) is 6.54 Å². The molecule has 0 bridgehead atoms. The van der Waals surface area contributed by atoms with Crippen molar-refractivity contribution in [2.24, 2.45) is 0 Å². The Kier molecular flexibility index (Phi) is 4.74. The van der Waals surface area contributed by atoms with Crippen molar-refractivity contribution < 1.29 is 0 Å². The Labute approximate surface area is 109 Å². The molecule has 0 fully saturated rings. The fourth-order valence-electron chi connectivity index (χ4n) is 1.86. The van der Waals surface area contributed by atoms with Crippen molar-refractivity contribution in [3.8, 4) is 0 Å². The Bertz CT molecular complexity index is 473. The van der Waals surface area contributed by atoms with E-state index in [9.17, 15) is 0 Å². The van der Waals surface area contributed by atoms with E-state index < -0.39 is 0 Å². The molecule has 2 aromatic carbocycles. The average Bonchev–Trinajstić information content (AvgIpc) is 2.45. The summed E-state index contributed by atoms with van der Waals surface area (Å²) in [7, 11) is 0. The van der Waals surface area contributed by atoms with E-state index in [0.29, 0.717) is 6.04 Å². The smallest absolute Gasteiger partial charge is 0.0294 e. The third kappa shape index (κ3) is 3.86. The van der Waals surface area contributed by atoms with Crippen molar-refractivity contribution in [2.45, 2.75) is 13.0 Å². The summed E-state index contributed by atoms with van der Waals surface area (Å²) in [6.45, 7) is 3.07. The number of hydrogen-bond donors (Lipinski definition) is 1. The van der Waals surface area contributed by atoms with Crippen LogP contribution < -0.4 is 5.32 Å². The summed E-state index contributed by atoms with van der Waals surface area (Å²) in [6.07, 6.45) is 4.31. The van der Waals surface area contributed by atoms with E-state index in [1.807, 2.05) is 12.1 Å². The normalized spacial score (nSPS) is 12.7. The summed E-state index contributed by atoms with van der Waals surface area (Å²) in [5.41, 5.74) is 2.57. The lowest BCUT2D eigenvalue weighted by Crippen LogP contribution is -2.18. The first-order valence-corrected chi connectivity index (χ1v) is 6.36. The molecule has 0 radical (unpaired) electrons. The topological polar surface area (TPSA) is 12.0 Å². The molecule has 0 aromatic heterocycles. The van der Waals surface area contributed by atoms with E-state index in [0.717, 1.165) is 6.54 Å². The summed E-state index contributed by atoms with van der Waals surface area (Å²) >= 11 is 0. The quantitative estimate of drug-likeness (QED) is 0.827. The van der Waals surface area contributed by atoms with Crippen LogP contribution in [0.15, 0.2) is 66.7 Å². The highest BCUT2D eigenvalue weighted by atomic mass is 14.9. The highest BCUT2D eigenvalue weighted by Crippen LogP contribution is 2.10. The van der Waals surface area contributed by atoms with E-state index in [-0.39, 0.29) is 0 Å². The van der Waals surface area contributed by atoms with Crippen LogP contribution in [0, 0.1) is 0 Å². The third-order valence-corrected chi connectivity index (χ3v) is 2.95. The molecular formula is C17H19N. The highest BCUT2D eigenvalue weighted by Gasteiger charge is 2.00. The van der Waals surface area contributed by atoms with Gasteiger partial charge in [0, 0.05) is 12.6 Å². The van der Waals surface area contributed by atoms with Crippen LogP contribution in [0.25, 0.3) is 6.08 Å². The zero-order valence-electron chi connectivity index (χ0n) is 10.7. The van der Waals surface area contributed by atoms with Gasteiger partial charge in [0.15, 0.2) is 0 Å². The molecule has 0 aliphatic heterocycles. The molecule has 0 heterocycles.